The molecule has 1 N–H and O–H groups in total. The molecular formula is C26H33N5O4. The van der Waals surface area contributed by atoms with Gasteiger partial charge in [-0.05, 0) is 37.4 Å². The number of ketones is 1. The minimum atomic E-state index is -0.444. The number of aryl methyl sites for hydroxylation is 1. The molecule has 35 heavy (non-hydrogen) atoms. The molecule has 1 aromatic carbocycles. The number of hydrogen-bond acceptors (Lipinski definition) is 7. The zero-order chi connectivity index (χ0) is 24.9. The fraction of sp³-hybridized carbons (Fsp3) is 0.500. The van der Waals surface area contributed by atoms with Crippen LogP contribution < -0.4 is 10.9 Å². The van der Waals surface area contributed by atoms with E-state index in [9.17, 15) is 14.4 Å². The summed E-state index contributed by atoms with van der Waals surface area (Å²) in [6.07, 6.45) is 4.26. The Morgan fingerprint density at radius 2 is 1.91 bits per heavy atom. The lowest BCUT2D eigenvalue weighted by Crippen LogP contribution is -2.52. The Kier molecular flexibility index (Phi) is 7.75. The summed E-state index contributed by atoms with van der Waals surface area (Å²) in [5, 5.41) is 12.3. The number of nitrogens with zero attached hydrogens (tertiary/aromatic N) is 4. The van der Waals surface area contributed by atoms with Gasteiger partial charge in [0.15, 0.2) is 0 Å². The first-order chi connectivity index (χ1) is 16.9. The van der Waals surface area contributed by atoms with E-state index in [4.69, 9.17) is 4.42 Å². The van der Waals surface area contributed by atoms with E-state index in [2.05, 4.69) is 20.4 Å². The van der Waals surface area contributed by atoms with Crippen molar-refractivity contribution in [2.75, 3.05) is 20.1 Å². The van der Waals surface area contributed by atoms with Gasteiger partial charge in [-0.3, -0.25) is 14.4 Å². The Hall–Kier alpha value is -3.33. The maximum absolute atomic E-state index is 13.0. The highest BCUT2D eigenvalue weighted by Crippen LogP contribution is 2.25. The van der Waals surface area contributed by atoms with Gasteiger partial charge in [-0.25, -0.2) is 0 Å². The van der Waals surface area contributed by atoms with E-state index in [0.717, 1.165) is 43.3 Å². The van der Waals surface area contributed by atoms with E-state index in [0.29, 0.717) is 30.7 Å². The van der Waals surface area contributed by atoms with Crippen molar-refractivity contribution in [3.05, 3.63) is 46.6 Å². The summed E-state index contributed by atoms with van der Waals surface area (Å²) in [6, 6.07) is 8.93. The van der Waals surface area contributed by atoms with Gasteiger partial charge in [0.25, 0.3) is 11.4 Å². The van der Waals surface area contributed by atoms with Crippen LogP contribution in [0.2, 0.25) is 0 Å². The predicted octanol–water partition coefficient (Wildman–Crippen LogP) is 3.24. The van der Waals surface area contributed by atoms with Crippen molar-refractivity contribution < 1.29 is 14.0 Å². The third kappa shape index (κ3) is 5.67. The van der Waals surface area contributed by atoms with Gasteiger partial charge in [-0.15, -0.1) is 10.2 Å². The number of nitrogens with one attached hydrogen (secondary N) is 1. The zero-order valence-electron chi connectivity index (χ0n) is 20.6. The van der Waals surface area contributed by atoms with Crippen molar-refractivity contribution in [2.24, 2.45) is 13.0 Å². The van der Waals surface area contributed by atoms with Crippen LogP contribution >= 0.6 is 0 Å². The molecule has 0 radical (unpaired) electrons. The molecule has 186 valence electrons. The lowest BCUT2D eigenvalue weighted by molar-refractivity contribution is -0.130. The summed E-state index contributed by atoms with van der Waals surface area (Å²) < 4.78 is 7.54. The molecule has 1 unspecified atom stereocenters. The van der Waals surface area contributed by atoms with E-state index < -0.39 is 6.04 Å². The maximum Gasteiger partial charge on any atom is 0.263 e. The minimum absolute atomic E-state index is 0.0318. The lowest BCUT2D eigenvalue weighted by Gasteiger charge is -2.35. The molecule has 1 atom stereocenters. The van der Waals surface area contributed by atoms with Crippen LogP contribution in [0.3, 0.4) is 0 Å². The van der Waals surface area contributed by atoms with Crippen LogP contribution in [-0.4, -0.2) is 51.5 Å². The molecule has 1 aliphatic rings. The molecule has 0 bridgehead atoms. The van der Waals surface area contributed by atoms with Gasteiger partial charge in [-0.1, -0.05) is 38.0 Å². The van der Waals surface area contributed by atoms with E-state index in [1.165, 1.54) is 0 Å². The first-order valence-electron chi connectivity index (χ1n) is 12.3. The van der Waals surface area contributed by atoms with Crippen molar-refractivity contribution in [3.8, 4) is 11.5 Å². The largest absolute Gasteiger partial charge is 0.418 e. The molecule has 4 rings (SSSR count). The first kappa shape index (κ1) is 24.8. The van der Waals surface area contributed by atoms with Crippen LogP contribution in [0.1, 0.15) is 57.4 Å². The number of carbonyl (C=O) groups excluding carboxylic acids is 2. The molecule has 3 heterocycles. The van der Waals surface area contributed by atoms with Crippen LogP contribution in [-0.2, 0) is 16.6 Å². The Labute approximate surface area is 204 Å². The normalized spacial score (nSPS) is 15.2. The number of unbranched alkanes of at least 4 members (excludes halogenated alkanes) is 2. The summed E-state index contributed by atoms with van der Waals surface area (Å²) >= 11 is 0. The van der Waals surface area contributed by atoms with Crippen molar-refractivity contribution in [1.29, 1.82) is 0 Å². The highest BCUT2D eigenvalue weighted by molar-refractivity contribution is 5.83. The summed E-state index contributed by atoms with van der Waals surface area (Å²) in [5.74, 6) is 0.612. The Balaban J connectivity index is 1.52. The molecule has 0 saturated carbocycles. The number of hydrogen-bond donors (Lipinski definition) is 1. The van der Waals surface area contributed by atoms with Gasteiger partial charge >= 0.3 is 0 Å². The SMILES string of the molecule is CCC(=O)CCCCCC(NC(=O)C1CN(C)C1)c1nnc(-c2cc3ccccc3n(C)c2=O)o1. The van der Waals surface area contributed by atoms with Crippen molar-refractivity contribution in [2.45, 2.75) is 51.5 Å². The van der Waals surface area contributed by atoms with Crippen molar-refractivity contribution in [3.63, 3.8) is 0 Å². The standard InChI is InChI=1S/C26H33N5O4/c1-4-19(32)11-6-5-7-12-21(27-23(33)18-15-30(2)16-18)25-29-28-24(35-25)20-14-17-10-8-9-13-22(17)31(3)26(20)34/h8-10,13-14,18,21H,4-7,11-12,15-16H2,1-3H3,(H,27,33). The average Bonchev–Trinajstić information content (AvgIpc) is 3.33. The number of rotatable bonds is 11. The molecule has 2 aromatic heterocycles. The van der Waals surface area contributed by atoms with Crippen LogP contribution in [0.5, 0.6) is 0 Å². The highest BCUT2D eigenvalue weighted by Gasteiger charge is 2.32. The number of benzene rings is 1. The molecular weight excluding hydrogens is 446 g/mol. The molecule has 9 nitrogen and oxygen atoms in total. The highest BCUT2D eigenvalue weighted by atomic mass is 16.4. The second-order valence-electron chi connectivity index (χ2n) is 9.40. The van der Waals surface area contributed by atoms with Gasteiger partial charge in [-0.2, -0.15) is 0 Å². The van der Waals surface area contributed by atoms with Crippen LogP contribution in [0.25, 0.3) is 22.4 Å². The van der Waals surface area contributed by atoms with E-state index >= 15 is 0 Å². The van der Waals surface area contributed by atoms with E-state index in [1.807, 2.05) is 38.2 Å². The smallest absolute Gasteiger partial charge is 0.263 e. The number of amides is 1. The minimum Gasteiger partial charge on any atom is -0.418 e. The number of likely N-dealkylation sites (tertiary alicyclic amines) is 1. The van der Waals surface area contributed by atoms with Gasteiger partial charge in [0, 0.05) is 33.0 Å². The Morgan fingerprint density at radius 1 is 1.14 bits per heavy atom. The molecule has 1 amide bonds. The Bertz CT molecular complexity index is 1260. The maximum atomic E-state index is 13.0. The number of fused-ring (bicyclic) bond motifs is 1. The fourth-order valence-corrected chi connectivity index (χ4v) is 4.50. The number of aromatic nitrogens is 3. The predicted molar refractivity (Wildman–Crippen MR) is 133 cm³/mol. The monoisotopic (exact) mass is 479 g/mol. The third-order valence-electron chi connectivity index (χ3n) is 6.70. The molecule has 1 saturated heterocycles. The topological polar surface area (TPSA) is 110 Å². The van der Waals surface area contributed by atoms with Crippen LogP contribution in [0.4, 0.5) is 0 Å². The van der Waals surface area contributed by atoms with E-state index in [-0.39, 0.29) is 29.1 Å². The number of para-hydroxylation sites is 1. The molecule has 0 spiro atoms. The summed E-state index contributed by atoms with van der Waals surface area (Å²) in [7, 11) is 3.70. The molecule has 1 fully saturated rings. The number of carbonyl (C=O) groups is 2. The van der Waals surface area contributed by atoms with Crippen molar-refractivity contribution >= 4 is 22.6 Å². The van der Waals surface area contributed by atoms with Gasteiger partial charge in [0.2, 0.25) is 11.8 Å². The number of pyridine rings is 1. The van der Waals surface area contributed by atoms with Crippen LogP contribution in [0, 0.1) is 5.92 Å². The molecule has 3 aromatic rings. The zero-order valence-corrected chi connectivity index (χ0v) is 20.6. The summed E-state index contributed by atoms with van der Waals surface area (Å²) in [5.41, 5.74) is 0.921. The number of Topliss-reactive ketones (excluding diaryl/α,β-unsaturated/α-hetero) is 1. The fourth-order valence-electron chi connectivity index (χ4n) is 4.50. The average molecular weight is 480 g/mol. The lowest BCUT2D eigenvalue weighted by atomic mass is 9.99. The summed E-state index contributed by atoms with van der Waals surface area (Å²) in [6.45, 7) is 3.32. The summed E-state index contributed by atoms with van der Waals surface area (Å²) in [4.78, 5) is 39.4. The quantitative estimate of drug-likeness (QED) is 0.420. The van der Waals surface area contributed by atoms with Crippen molar-refractivity contribution in [1.82, 2.24) is 25.0 Å². The molecule has 1 aliphatic heterocycles. The first-order valence-corrected chi connectivity index (χ1v) is 12.3. The van der Waals surface area contributed by atoms with Crippen LogP contribution in [0.15, 0.2) is 39.5 Å². The Morgan fingerprint density at radius 3 is 2.66 bits per heavy atom. The van der Waals surface area contributed by atoms with Gasteiger partial charge in [0.1, 0.15) is 17.4 Å². The second kappa shape index (κ2) is 10.9. The van der Waals surface area contributed by atoms with Gasteiger partial charge < -0.3 is 19.2 Å². The second-order valence-corrected chi connectivity index (χ2v) is 9.40. The molecule has 0 aliphatic carbocycles. The van der Waals surface area contributed by atoms with E-state index in [1.54, 1.807) is 17.7 Å². The third-order valence-corrected chi connectivity index (χ3v) is 6.70. The van der Waals surface area contributed by atoms with Gasteiger partial charge in [0.05, 0.1) is 11.4 Å². The molecule has 9 heteroatoms.